The van der Waals surface area contributed by atoms with Gasteiger partial charge in [0.05, 0.1) is 23.1 Å². The maximum atomic E-state index is 6.13. The van der Waals surface area contributed by atoms with E-state index >= 15 is 0 Å². The molecule has 0 saturated carbocycles. The lowest BCUT2D eigenvalue weighted by Crippen LogP contribution is -3.00. The van der Waals surface area contributed by atoms with Crippen LogP contribution in [-0.2, 0) is 13.1 Å². The van der Waals surface area contributed by atoms with E-state index in [0.717, 1.165) is 63.4 Å². The minimum absolute atomic E-state index is 0. The smallest absolute Gasteiger partial charge is 0.137 e. The molecule has 5 rings (SSSR count). The van der Waals surface area contributed by atoms with E-state index in [1.54, 1.807) is 0 Å². The Morgan fingerprint density at radius 1 is 0.724 bits per heavy atom. The third-order valence-corrected chi connectivity index (χ3v) is 6.14. The molecule has 5 heterocycles. The van der Waals surface area contributed by atoms with Gasteiger partial charge in [0.1, 0.15) is 35.8 Å². The molecule has 4 aromatic heterocycles. The zero-order chi connectivity index (χ0) is 19.1. The van der Waals surface area contributed by atoms with Crippen molar-refractivity contribution in [3.8, 4) is 0 Å². The van der Waals surface area contributed by atoms with E-state index in [-0.39, 0.29) is 12.4 Å². The highest BCUT2D eigenvalue weighted by Crippen LogP contribution is 2.26. The molecule has 0 unspecified atom stereocenters. The molecule has 4 aromatic rings. The number of quaternary nitrogens is 1. The number of halogens is 3. The lowest BCUT2D eigenvalue weighted by Gasteiger charge is -2.40. The summed E-state index contributed by atoms with van der Waals surface area (Å²) in [6.07, 6.45) is 11.9. The van der Waals surface area contributed by atoms with Gasteiger partial charge in [-0.15, -0.1) is 0 Å². The summed E-state index contributed by atoms with van der Waals surface area (Å²) in [5.41, 5.74) is 4.10. The lowest BCUT2D eigenvalue weighted by atomic mass is 10.1. The van der Waals surface area contributed by atoms with Crippen molar-refractivity contribution in [3.05, 3.63) is 70.5 Å². The number of rotatable bonds is 4. The van der Waals surface area contributed by atoms with Crippen molar-refractivity contribution in [1.29, 1.82) is 0 Å². The van der Waals surface area contributed by atoms with Gasteiger partial charge in [0.15, 0.2) is 0 Å². The molecule has 0 bridgehead atoms. The molecule has 0 amide bonds. The van der Waals surface area contributed by atoms with Gasteiger partial charge < -0.3 is 25.7 Å². The van der Waals surface area contributed by atoms with Crippen LogP contribution in [0.2, 0.25) is 10.0 Å². The number of hydrogen-bond acceptors (Lipinski definition) is 2. The van der Waals surface area contributed by atoms with Crippen LogP contribution in [0.5, 0.6) is 0 Å². The Balaban J connectivity index is 0.00000205. The first-order valence-electron chi connectivity index (χ1n) is 9.70. The summed E-state index contributed by atoms with van der Waals surface area (Å²) >= 11 is 12.3. The van der Waals surface area contributed by atoms with E-state index in [4.69, 9.17) is 33.2 Å². The van der Waals surface area contributed by atoms with Crippen LogP contribution in [-0.4, -0.2) is 36.3 Å². The van der Waals surface area contributed by atoms with Crippen molar-refractivity contribution >= 4 is 34.5 Å². The number of likely N-dealkylation sites (tertiary alicyclic amines) is 1. The molecule has 1 fully saturated rings. The lowest BCUT2D eigenvalue weighted by molar-refractivity contribution is -0.958. The summed E-state index contributed by atoms with van der Waals surface area (Å²) in [5, 5.41) is 1.45. The standard InChI is InChI=1S/C21H22Cl2N5.ClH/c22-16-4-6-20-24-18(12-26(20)10-16)14-28(8-2-1-3-9-28)15-19-13-27-11-17(23)5-7-21(27)25-19;/h4-7,10-13H,1-3,8-9,14-15H2;1H/q+1;/p-1. The first-order chi connectivity index (χ1) is 13.6. The van der Waals surface area contributed by atoms with Gasteiger partial charge in [0.25, 0.3) is 0 Å². The van der Waals surface area contributed by atoms with Gasteiger partial charge in [-0.05, 0) is 43.5 Å². The minimum Gasteiger partial charge on any atom is -1.00 e. The second-order valence-electron chi connectivity index (χ2n) is 7.86. The second kappa shape index (κ2) is 8.15. The SMILES string of the molecule is Clc1ccc2nc(C[N+]3(Cc4cn5cc(Cl)ccc5n4)CCCCC3)cn2c1.[Cl-]. The molecule has 0 radical (unpaired) electrons. The number of fused-ring (bicyclic) bond motifs is 2. The molecule has 1 aliphatic rings. The van der Waals surface area contributed by atoms with Crippen molar-refractivity contribution < 1.29 is 16.9 Å². The van der Waals surface area contributed by atoms with Crippen LogP contribution in [0, 0.1) is 0 Å². The van der Waals surface area contributed by atoms with E-state index in [0.29, 0.717) is 0 Å². The average Bonchev–Trinajstić information content (AvgIpc) is 3.23. The first kappa shape index (κ1) is 20.5. The van der Waals surface area contributed by atoms with Crippen LogP contribution >= 0.6 is 23.2 Å². The highest BCUT2D eigenvalue weighted by atomic mass is 35.5. The Morgan fingerprint density at radius 3 is 1.69 bits per heavy atom. The van der Waals surface area contributed by atoms with Gasteiger partial charge >= 0.3 is 0 Å². The van der Waals surface area contributed by atoms with Crippen molar-refractivity contribution in [2.24, 2.45) is 0 Å². The highest BCUT2D eigenvalue weighted by Gasteiger charge is 2.32. The number of hydrogen-bond donors (Lipinski definition) is 0. The van der Waals surface area contributed by atoms with Crippen LogP contribution in [0.25, 0.3) is 11.3 Å². The van der Waals surface area contributed by atoms with Crippen molar-refractivity contribution in [1.82, 2.24) is 18.8 Å². The van der Waals surface area contributed by atoms with Crippen molar-refractivity contribution in [3.63, 3.8) is 0 Å². The van der Waals surface area contributed by atoms with Crippen molar-refractivity contribution in [2.45, 2.75) is 32.4 Å². The molecule has 1 saturated heterocycles. The molecule has 0 spiro atoms. The molecule has 0 aromatic carbocycles. The topological polar surface area (TPSA) is 34.6 Å². The van der Waals surface area contributed by atoms with Crippen LogP contribution < -0.4 is 12.4 Å². The van der Waals surface area contributed by atoms with E-state index in [1.807, 2.05) is 45.5 Å². The molecule has 0 atom stereocenters. The van der Waals surface area contributed by atoms with E-state index in [1.165, 1.54) is 19.3 Å². The summed E-state index contributed by atoms with van der Waals surface area (Å²) < 4.78 is 5.03. The third kappa shape index (κ3) is 4.24. The van der Waals surface area contributed by atoms with Gasteiger partial charge in [0, 0.05) is 24.8 Å². The zero-order valence-corrected chi connectivity index (χ0v) is 18.2. The molecule has 29 heavy (non-hydrogen) atoms. The number of aromatic nitrogens is 4. The van der Waals surface area contributed by atoms with Crippen LogP contribution in [0.4, 0.5) is 0 Å². The maximum Gasteiger partial charge on any atom is 0.137 e. The first-order valence-corrected chi connectivity index (χ1v) is 10.5. The fourth-order valence-corrected chi connectivity index (χ4v) is 4.77. The molecule has 1 aliphatic heterocycles. The Bertz CT molecular complexity index is 1060. The summed E-state index contributed by atoms with van der Waals surface area (Å²) in [4.78, 5) is 9.67. The Kier molecular flexibility index (Phi) is 5.76. The average molecular weight is 451 g/mol. The Labute approximate surface area is 185 Å². The largest absolute Gasteiger partial charge is 1.00 e. The summed E-state index contributed by atoms with van der Waals surface area (Å²) in [5.74, 6) is 0. The predicted octanol–water partition coefficient (Wildman–Crippen LogP) is 1.99. The van der Waals surface area contributed by atoms with Crippen LogP contribution in [0.15, 0.2) is 49.1 Å². The monoisotopic (exact) mass is 449 g/mol. The molecular formula is C21H22Cl3N5. The van der Waals surface area contributed by atoms with E-state index < -0.39 is 0 Å². The van der Waals surface area contributed by atoms with E-state index in [9.17, 15) is 0 Å². The number of nitrogens with zero attached hydrogens (tertiary/aromatic N) is 5. The normalized spacial score (nSPS) is 16.2. The van der Waals surface area contributed by atoms with Gasteiger partial charge in [0.2, 0.25) is 0 Å². The Morgan fingerprint density at radius 2 is 1.21 bits per heavy atom. The Hall–Kier alpha value is -1.79. The van der Waals surface area contributed by atoms with Gasteiger partial charge in [-0.25, -0.2) is 9.97 Å². The molecule has 152 valence electrons. The summed E-state index contributed by atoms with van der Waals surface area (Å²) in [6, 6.07) is 7.72. The highest BCUT2D eigenvalue weighted by molar-refractivity contribution is 6.30. The summed E-state index contributed by atoms with van der Waals surface area (Å²) in [7, 11) is 0. The number of imidazole rings is 2. The third-order valence-electron chi connectivity index (χ3n) is 5.69. The zero-order valence-electron chi connectivity index (χ0n) is 15.9. The maximum absolute atomic E-state index is 6.13. The molecule has 0 aliphatic carbocycles. The van der Waals surface area contributed by atoms with Crippen LogP contribution in [0.3, 0.4) is 0 Å². The quantitative estimate of drug-likeness (QED) is 0.446. The number of piperidine rings is 1. The fourth-order valence-electron chi connectivity index (χ4n) is 4.43. The molecule has 5 nitrogen and oxygen atoms in total. The molecular weight excluding hydrogens is 429 g/mol. The minimum atomic E-state index is 0. The number of pyridine rings is 2. The van der Waals surface area contributed by atoms with E-state index in [2.05, 4.69) is 12.4 Å². The van der Waals surface area contributed by atoms with Gasteiger partial charge in [-0.1, -0.05) is 23.2 Å². The van der Waals surface area contributed by atoms with Gasteiger partial charge in [-0.3, -0.25) is 0 Å². The molecule has 0 N–H and O–H groups in total. The fraction of sp³-hybridized carbons (Fsp3) is 0.333. The van der Waals surface area contributed by atoms with Gasteiger partial charge in [-0.2, -0.15) is 0 Å². The molecule has 8 heteroatoms. The van der Waals surface area contributed by atoms with Crippen LogP contribution in [0.1, 0.15) is 30.7 Å². The summed E-state index contributed by atoms with van der Waals surface area (Å²) in [6.45, 7) is 4.13. The van der Waals surface area contributed by atoms with Crippen molar-refractivity contribution in [2.75, 3.05) is 13.1 Å². The second-order valence-corrected chi connectivity index (χ2v) is 8.73. The predicted molar refractivity (Wildman–Crippen MR) is 112 cm³/mol.